The van der Waals surface area contributed by atoms with Gasteiger partial charge in [0.15, 0.2) is 0 Å². The maximum absolute atomic E-state index is 11.8. The van der Waals surface area contributed by atoms with E-state index in [1.165, 1.54) is 0 Å². The molecule has 15 heavy (non-hydrogen) atoms. The molecule has 5 heteroatoms. The maximum atomic E-state index is 11.8. The zero-order valence-corrected chi connectivity index (χ0v) is 9.41. The van der Waals surface area contributed by atoms with Crippen molar-refractivity contribution in [3.63, 3.8) is 0 Å². The highest BCUT2D eigenvalue weighted by molar-refractivity contribution is 8.00. The van der Waals surface area contributed by atoms with Gasteiger partial charge >= 0.3 is 5.51 Å². The van der Waals surface area contributed by atoms with Crippen LogP contribution in [0.2, 0.25) is 0 Å². The van der Waals surface area contributed by atoms with Crippen LogP contribution >= 0.6 is 11.8 Å². The van der Waals surface area contributed by atoms with Gasteiger partial charge in [-0.1, -0.05) is 24.6 Å². The Morgan fingerprint density at radius 1 is 1.27 bits per heavy atom. The van der Waals surface area contributed by atoms with E-state index in [-0.39, 0.29) is 23.6 Å². The Morgan fingerprint density at radius 3 is 2.40 bits per heavy atom. The molecule has 1 aliphatic carbocycles. The Kier molecular flexibility index (Phi) is 5.26. The third-order valence-electron chi connectivity index (χ3n) is 2.85. The maximum Gasteiger partial charge on any atom is 0.441 e. The lowest BCUT2D eigenvalue weighted by molar-refractivity contribution is -0.0328. The van der Waals surface area contributed by atoms with Crippen molar-refractivity contribution in [3.05, 3.63) is 0 Å². The minimum atomic E-state index is -4.13. The van der Waals surface area contributed by atoms with Crippen molar-refractivity contribution >= 4 is 11.8 Å². The summed E-state index contributed by atoms with van der Waals surface area (Å²) in [5, 5.41) is 9.69. The fraction of sp³-hybridized carbons (Fsp3) is 1.00. The number of hydrogen-bond donors (Lipinski definition) is 1. The highest BCUT2D eigenvalue weighted by Gasteiger charge is 2.28. The Labute approximate surface area is 92.4 Å². The minimum Gasteiger partial charge on any atom is -0.393 e. The first kappa shape index (κ1) is 13.2. The molecular weight excluding hydrogens is 225 g/mol. The van der Waals surface area contributed by atoms with Gasteiger partial charge in [-0.05, 0) is 31.6 Å². The molecule has 0 bridgehead atoms. The van der Waals surface area contributed by atoms with Gasteiger partial charge in [-0.3, -0.25) is 0 Å². The van der Waals surface area contributed by atoms with Crippen LogP contribution in [0, 0.1) is 5.92 Å². The molecular formula is C10H17F3OS. The van der Waals surface area contributed by atoms with Crippen LogP contribution in [0.15, 0.2) is 0 Å². The van der Waals surface area contributed by atoms with Crippen LogP contribution < -0.4 is 0 Å². The van der Waals surface area contributed by atoms with E-state index in [1.807, 2.05) is 0 Å². The Bertz CT molecular complexity index is 178. The minimum absolute atomic E-state index is 0.00699. The molecule has 1 N–H and O–H groups in total. The van der Waals surface area contributed by atoms with Crippen LogP contribution in [0.25, 0.3) is 0 Å². The van der Waals surface area contributed by atoms with Crippen LogP contribution in [-0.4, -0.2) is 22.5 Å². The second kappa shape index (κ2) is 5.99. The SMILES string of the molecule is OC(CCCSC(F)(F)F)C1CCCC1. The summed E-state index contributed by atoms with van der Waals surface area (Å²) in [6, 6.07) is 0. The first-order valence-corrected chi connectivity index (χ1v) is 6.36. The standard InChI is InChI=1S/C10H17F3OS/c11-10(12,13)15-7-3-6-9(14)8-4-1-2-5-8/h8-9,14H,1-7H2. The topological polar surface area (TPSA) is 20.2 Å². The molecule has 0 saturated heterocycles. The summed E-state index contributed by atoms with van der Waals surface area (Å²) in [5.41, 5.74) is -4.13. The molecule has 1 saturated carbocycles. The normalized spacial score (nSPS) is 20.8. The fourth-order valence-electron chi connectivity index (χ4n) is 2.06. The van der Waals surface area contributed by atoms with Gasteiger partial charge in [-0.2, -0.15) is 13.2 Å². The molecule has 90 valence electrons. The molecule has 1 unspecified atom stereocenters. The summed E-state index contributed by atoms with van der Waals surface area (Å²) in [5.74, 6) is 0.397. The molecule has 0 heterocycles. The lowest BCUT2D eigenvalue weighted by atomic mass is 9.97. The Hall–Kier alpha value is 0.100. The Morgan fingerprint density at radius 2 is 1.87 bits per heavy atom. The van der Waals surface area contributed by atoms with E-state index in [0.717, 1.165) is 25.7 Å². The van der Waals surface area contributed by atoms with Gasteiger partial charge in [0.05, 0.1) is 6.10 Å². The quantitative estimate of drug-likeness (QED) is 0.744. The van der Waals surface area contributed by atoms with Gasteiger partial charge in [0.25, 0.3) is 0 Å². The molecule has 0 spiro atoms. The van der Waals surface area contributed by atoms with Gasteiger partial charge in [-0.15, -0.1) is 0 Å². The highest BCUT2D eigenvalue weighted by atomic mass is 32.2. The predicted octanol–water partition coefficient (Wildman–Crippen LogP) is 3.57. The first-order chi connectivity index (χ1) is 6.99. The monoisotopic (exact) mass is 242 g/mol. The average molecular weight is 242 g/mol. The molecule has 0 aromatic rings. The lowest BCUT2D eigenvalue weighted by Gasteiger charge is -2.17. The van der Waals surface area contributed by atoms with Gasteiger partial charge < -0.3 is 5.11 Å². The number of aliphatic hydroxyl groups excluding tert-OH is 1. The third-order valence-corrected chi connectivity index (χ3v) is 3.67. The molecule has 0 radical (unpaired) electrons. The molecule has 0 aliphatic heterocycles. The summed E-state index contributed by atoms with van der Waals surface area (Å²) < 4.78 is 35.3. The second-order valence-electron chi connectivity index (χ2n) is 4.05. The molecule has 1 nitrogen and oxygen atoms in total. The van der Waals surface area contributed by atoms with Crippen LogP contribution in [0.4, 0.5) is 13.2 Å². The fourth-order valence-corrected chi connectivity index (χ4v) is 2.60. The number of hydrogen-bond acceptors (Lipinski definition) is 2. The molecule has 0 aromatic carbocycles. The smallest absolute Gasteiger partial charge is 0.393 e. The van der Waals surface area contributed by atoms with Gasteiger partial charge in [0, 0.05) is 5.75 Å². The summed E-state index contributed by atoms with van der Waals surface area (Å²) in [6.07, 6.45) is 4.94. The van der Waals surface area contributed by atoms with Gasteiger partial charge in [0.2, 0.25) is 0 Å². The summed E-state index contributed by atoms with van der Waals surface area (Å²) >= 11 is 0.00699. The van der Waals surface area contributed by atoms with E-state index < -0.39 is 5.51 Å². The zero-order valence-electron chi connectivity index (χ0n) is 8.59. The molecule has 0 aromatic heterocycles. The average Bonchev–Trinajstić information content (AvgIpc) is 2.63. The van der Waals surface area contributed by atoms with Crippen molar-refractivity contribution in [2.45, 2.75) is 50.1 Å². The third kappa shape index (κ3) is 5.66. The van der Waals surface area contributed by atoms with Crippen molar-refractivity contribution in [2.75, 3.05) is 5.75 Å². The predicted molar refractivity (Wildman–Crippen MR) is 55.7 cm³/mol. The molecule has 1 fully saturated rings. The van der Waals surface area contributed by atoms with Crippen molar-refractivity contribution in [1.82, 2.24) is 0 Å². The zero-order chi connectivity index (χ0) is 11.3. The number of aliphatic hydroxyl groups is 1. The van der Waals surface area contributed by atoms with Gasteiger partial charge in [-0.25, -0.2) is 0 Å². The molecule has 1 atom stereocenters. The first-order valence-electron chi connectivity index (χ1n) is 5.38. The highest BCUT2D eigenvalue weighted by Crippen LogP contribution is 2.32. The lowest BCUT2D eigenvalue weighted by Crippen LogP contribution is -2.17. The molecule has 1 aliphatic rings. The van der Waals surface area contributed by atoms with Crippen LogP contribution in [0.5, 0.6) is 0 Å². The van der Waals surface area contributed by atoms with E-state index in [4.69, 9.17) is 0 Å². The number of rotatable bonds is 5. The summed E-state index contributed by atoms with van der Waals surface area (Å²) in [7, 11) is 0. The number of alkyl halides is 3. The Balaban J connectivity index is 2.04. The molecule has 1 rings (SSSR count). The van der Waals surface area contributed by atoms with E-state index in [0.29, 0.717) is 18.8 Å². The van der Waals surface area contributed by atoms with E-state index in [9.17, 15) is 18.3 Å². The summed E-state index contributed by atoms with van der Waals surface area (Å²) in [4.78, 5) is 0. The largest absolute Gasteiger partial charge is 0.441 e. The summed E-state index contributed by atoms with van der Waals surface area (Å²) in [6.45, 7) is 0. The van der Waals surface area contributed by atoms with E-state index >= 15 is 0 Å². The van der Waals surface area contributed by atoms with Crippen molar-refractivity contribution in [3.8, 4) is 0 Å². The second-order valence-corrected chi connectivity index (χ2v) is 5.21. The van der Waals surface area contributed by atoms with E-state index in [1.54, 1.807) is 0 Å². The van der Waals surface area contributed by atoms with E-state index in [2.05, 4.69) is 0 Å². The van der Waals surface area contributed by atoms with Crippen LogP contribution in [0.3, 0.4) is 0 Å². The van der Waals surface area contributed by atoms with Crippen LogP contribution in [-0.2, 0) is 0 Å². The van der Waals surface area contributed by atoms with Crippen molar-refractivity contribution in [1.29, 1.82) is 0 Å². The van der Waals surface area contributed by atoms with Gasteiger partial charge in [0.1, 0.15) is 0 Å². The van der Waals surface area contributed by atoms with Crippen molar-refractivity contribution in [2.24, 2.45) is 5.92 Å². The number of thioether (sulfide) groups is 1. The van der Waals surface area contributed by atoms with Crippen LogP contribution in [0.1, 0.15) is 38.5 Å². The van der Waals surface area contributed by atoms with Crippen molar-refractivity contribution < 1.29 is 18.3 Å². The number of halogens is 3. The molecule has 0 amide bonds.